The molecule has 0 saturated heterocycles. The average Bonchev–Trinajstić information content (AvgIpc) is 2.72. The molecule has 100 valence electrons. The lowest BCUT2D eigenvalue weighted by molar-refractivity contribution is -0.141. The van der Waals surface area contributed by atoms with E-state index in [0.717, 1.165) is 12.8 Å². The van der Waals surface area contributed by atoms with E-state index in [1.807, 2.05) is 17.5 Å². The Morgan fingerprint density at radius 2 is 2.11 bits per heavy atom. The number of carboxylic acids is 1. The number of carbonyl (C=O) groups is 1. The third-order valence-corrected chi connectivity index (χ3v) is 4.59. The van der Waals surface area contributed by atoms with Crippen molar-refractivity contribution in [3.8, 4) is 0 Å². The fourth-order valence-electron chi connectivity index (χ4n) is 2.72. The van der Waals surface area contributed by atoms with Crippen LogP contribution in [0.2, 0.25) is 0 Å². The lowest BCUT2D eigenvalue weighted by atomic mass is 9.92. The molecule has 18 heavy (non-hydrogen) atoms. The summed E-state index contributed by atoms with van der Waals surface area (Å²) < 4.78 is 0. The molecule has 1 aliphatic carbocycles. The van der Waals surface area contributed by atoms with Gasteiger partial charge in [0.05, 0.1) is 0 Å². The maximum atomic E-state index is 11.4. The van der Waals surface area contributed by atoms with Gasteiger partial charge >= 0.3 is 5.97 Å². The van der Waals surface area contributed by atoms with E-state index < -0.39 is 5.97 Å². The summed E-state index contributed by atoms with van der Waals surface area (Å²) in [7, 11) is 0. The normalized spacial score (nSPS) is 19.3. The molecule has 4 heteroatoms. The van der Waals surface area contributed by atoms with Crippen LogP contribution in [0.15, 0.2) is 17.5 Å². The molecule has 1 atom stereocenters. The summed E-state index contributed by atoms with van der Waals surface area (Å²) in [5, 5.41) is 14.6. The van der Waals surface area contributed by atoms with Gasteiger partial charge in [-0.2, -0.15) is 0 Å². The molecule has 1 heterocycles. The zero-order valence-electron chi connectivity index (χ0n) is 10.6. The molecule has 2 N–H and O–H groups in total. The minimum Gasteiger partial charge on any atom is -0.480 e. The minimum absolute atomic E-state index is 0.296. The van der Waals surface area contributed by atoms with Gasteiger partial charge in [0.25, 0.3) is 0 Å². The van der Waals surface area contributed by atoms with Crippen LogP contribution in [0.25, 0.3) is 0 Å². The third-order valence-electron chi connectivity index (χ3n) is 3.71. The Kier molecular flexibility index (Phi) is 5.20. The second-order valence-corrected chi connectivity index (χ2v) is 6.06. The smallest absolute Gasteiger partial charge is 0.320 e. The van der Waals surface area contributed by atoms with E-state index in [4.69, 9.17) is 0 Å². The van der Waals surface area contributed by atoms with Crippen LogP contribution in [0.3, 0.4) is 0 Å². The van der Waals surface area contributed by atoms with E-state index in [-0.39, 0.29) is 6.04 Å². The Labute approximate surface area is 112 Å². The highest BCUT2D eigenvalue weighted by molar-refractivity contribution is 7.09. The van der Waals surface area contributed by atoms with Gasteiger partial charge in [0.15, 0.2) is 0 Å². The highest BCUT2D eigenvalue weighted by Crippen LogP contribution is 2.26. The number of rotatable bonds is 5. The first-order valence-corrected chi connectivity index (χ1v) is 7.64. The standard InChI is InChI=1S/C14H21NO2S/c16-14(17)13(11-6-3-1-2-4-7-11)15-10-12-8-5-9-18-12/h5,8-9,11,13,15H,1-4,6-7,10H2,(H,16,17). The quantitative estimate of drug-likeness (QED) is 0.805. The zero-order chi connectivity index (χ0) is 12.8. The molecule has 1 aliphatic rings. The average molecular weight is 267 g/mol. The molecular formula is C14H21NO2S. The first-order chi connectivity index (χ1) is 8.77. The Balaban J connectivity index is 1.92. The van der Waals surface area contributed by atoms with Gasteiger partial charge < -0.3 is 5.11 Å². The van der Waals surface area contributed by atoms with Crippen LogP contribution >= 0.6 is 11.3 Å². The summed E-state index contributed by atoms with van der Waals surface area (Å²) >= 11 is 1.67. The van der Waals surface area contributed by atoms with Crippen LogP contribution in [-0.2, 0) is 11.3 Å². The number of thiophene rings is 1. The first-order valence-electron chi connectivity index (χ1n) is 6.76. The van der Waals surface area contributed by atoms with E-state index in [1.54, 1.807) is 11.3 Å². The van der Waals surface area contributed by atoms with Gasteiger partial charge in [-0.25, -0.2) is 0 Å². The maximum absolute atomic E-state index is 11.4. The summed E-state index contributed by atoms with van der Waals surface area (Å²) in [5.41, 5.74) is 0. The molecule has 0 radical (unpaired) electrons. The van der Waals surface area contributed by atoms with E-state index >= 15 is 0 Å². The fourth-order valence-corrected chi connectivity index (χ4v) is 3.38. The Morgan fingerprint density at radius 1 is 1.39 bits per heavy atom. The molecule has 0 amide bonds. The van der Waals surface area contributed by atoms with Crippen molar-refractivity contribution in [2.24, 2.45) is 5.92 Å². The van der Waals surface area contributed by atoms with Crippen molar-refractivity contribution in [1.29, 1.82) is 0 Å². The van der Waals surface area contributed by atoms with Crippen molar-refractivity contribution in [3.05, 3.63) is 22.4 Å². The van der Waals surface area contributed by atoms with E-state index in [2.05, 4.69) is 5.32 Å². The molecule has 0 aliphatic heterocycles. The molecule has 1 unspecified atom stereocenters. The second kappa shape index (κ2) is 6.90. The summed E-state index contributed by atoms with van der Waals surface area (Å²) in [6.45, 7) is 0.672. The van der Waals surface area contributed by atoms with Crippen LogP contribution in [0.4, 0.5) is 0 Å². The first kappa shape index (κ1) is 13.6. The summed E-state index contributed by atoms with van der Waals surface area (Å²) in [6, 6.07) is 3.66. The number of nitrogens with one attached hydrogen (secondary N) is 1. The molecule has 1 saturated carbocycles. The number of carboxylic acid groups (broad SMARTS) is 1. The lowest BCUT2D eigenvalue weighted by Gasteiger charge is -2.23. The maximum Gasteiger partial charge on any atom is 0.320 e. The number of hydrogen-bond donors (Lipinski definition) is 2. The van der Waals surface area contributed by atoms with Gasteiger partial charge in [0, 0.05) is 11.4 Å². The summed E-state index contributed by atoms with van der Waals surface area (Å²) in [5.74, 6) is -0.400. The topological polar surface area (TPSA) is 49.3 Å². The molecule has 1 fully saturated rings. The fraction of sp³-hybridized carbons (Fsp3) is 0.643. The molecular weight excluding hydrogens is 246 g/mol. The van der Waals surface area contributed by atoms with Crippen molar-refractivity contribution in [2.45, 2.75) is 51.1 Å². The van der Waals surface area contributed by atoms with Crippen LogP contribution in [0, 0.1) is 5.92 Å². The van der Waals surface area contributed by atoms with Crippen LogP contribution in [-0.4, -0.2) is 17.1 Å². The third kappa shape index (κ3) is 3.82. The molecule has 1 aromatic rings. The largest absolute Gasteiger partial charge is 0.480 e. The molecule has 0 spiro atoms. The monoisotopic (exact) mass is 267 g/mol. The molecule has 0 bridgehead atoms. The van der Waals surface area contributed by atoms with Crippen LogP contribution < -0.4 is 5.32 Å². The van der Waals surface area contributed by atoms with Crippen molar-refractivity contribution in [1.82, 2.24) is 5.32 Å². The molecule has 1 aromatic heterocycles. The van der Waals surface area contributed by atoms with Gasteiger partial charge in [-0.3, -0.25) is 10.1 Å². The second-order valence-electron chi connectivity index (χ2n) is 5.03. The lowest BCUT2D eigenvalue weighted by Crippen LogP contribution is -2.42. The summed E-state index contributed by atoms with van der Waals surface area (Å²) in [4.78, 5) is 12.6. The highest BCUT2D eigenvalue weighted by atomic mass is 32.1. The van der Waals surface area contributed by atoms with Crippen LogP contribution in [0.1, 0.15) is 43.4 Å². The van der Waals surface area contributed by atoms with Crippen molar-refractivity contribution >= 4 is 17.3 Å². The van der Waals surface area contributed by atoms with E-state index in [1.165, 1.54) is 30.6 Å². The van der Waals surface area contributed by atoms with Crippen LogP contribution in [0.5, 0.6) is 0 Å². The van der Waals surface area contributed by atoms with E-state index in [0.29, 0.717) is 12.5 Å². The van der Waals surface area contributed by atoms with Gasteiger partial charge in [-0.1, -0.05) is 31.7 Å². The van der Waals surface area contributed by atoms with Crippen molar-refractivity contribution < 1.29 is 9.90 Å². The van der Waals surface area contributed by atoms with Crippen molar-refractivity contribution in [3.63, 3.8) is 0 Å². The van der Waals surface area contributed by atoms with Gasteiger partial charge in [-0.15, -0.1) is 11.3 Å². The number of hydrogen-bond acceptors (Lipinski definition) is 3. The Hall–Kier alpha value is -0.870. The molecule has 3 nitrogen and oxygen atoms in total. The van der Waals surface area contributed by atoms with Gasteiger partial charge in [0.2, 0.25) is 0 Å². The Bertz CT molecular complexity index is 356. The Morgan fingerprint density at radius 3 is 2.67 bits per heavy atom. The summed E-state index contributed by atoms with van der Waals surface area (Å²) in [6.07, 6.45) is 6.97. The predicted molar refractivity (Wildman–Crippen MR) is 73.8 cm³/mol. The zero-order valence-corrected chi connectivity index (χ0v) is 11.4. The number of aliphatic carboxylic acids is 1. The van der Waals surface area contributed by atoms with Gasteiger partial charge in [0.1, 0.15) is 6.04 Å². The predicted octanol–water partition coefficient (Wildman–Crippen LogP) is 3.26. The molecule has 0 aromatic carbocycles. The minimum atomic E-state index is -0.696. The SMILES string of the molecule is O=C(O)C(NCc1cccs1)C1CCCCCC1. The van der Waals surface area contributed by atoms with E-state index in [9.17, 15) is 9.90 Å². The highest BCUT2D eigenvalue weighted by Gasteiger charge is 2.28. The van der Waals surface area contributed by atoms with Crippen molar-refractivity contribution in [2.75, 3.05) is 0 Å². The van der Waals surface area contributed by atoms with Gasteiger partial charge in [-0.05, 0) is 30.2 Å². The molecule has 2 rings (SSSR count).